The van der Waals surface area contributed by atoms with Gasteiger partial charge in [0, 0.05) is 10.2 Å². The monoisotopic (exact) mass is 373 g/mol. The van der Waals surface area contributed by atoms with E-state index in [1.165, 1.54) is 12.8 Å². The second kappa shape index (κ2) is 5.61. The number of nitrogens with two attached hydrogens (primary N) is 1. The molecule has 0 aromatic carbocycles. The van der Waals surface area contributed by atoms with E-state index in [0.29, 0.717) is 5.82 Å². The number of anilines is 1. The molecule has 2 heterocycles. The van der Waals surface area contributed by atoms with Gasteiger partial charge in [0.1, 0.15) is 5.82 Å². The Hall–Kier alpha value is -0.550. The summed E-state index contributed by atoms with van der Waals surface area (Å²) in [4.78, 5) is 4.47. The van der Waals surface area contributed by atoms with Crippen LogP contribution in [0.3, 0.4) is 0 Å². The van der Waals surface area contributed by atoms with Gasteiger partial charge in [-0.2, -0.15) is 0 Å². The highest BCUT2D eigenvalue weighted by atomic mass is 79.9. The van der Waals surface area contributed by atoms with E-state index in [2.05, 4.69) is 55.1 Å². The van der Waals surface area contributed by atoms with Crippen molar-refractivity contribution in [2.75, 3.05) is 5.73 Å². The van der Waals surface area contributed by atoms with Crippen LogP contribution in [0.5, 0.6) is 0 Å². The van der Waals surface area contributed by atoms with E-state index in [4.69, 9.17) is 5.73 Å². The molecule has 0 saturated heterocycles. The Morgan fingerprint density at radius 1 is 1.28 bits per heavy atom. The maximum Gasteiger partial charge on any atom is 0.154 e. The van der Waals surface area contributed by atoms with Crippen LogP contribution in [0.4, 0.5) is 5.82 Å². The van der Waals surface area contributed by atoms with Gasteiger partial charge in [-0.1, -0.05) is 19.8 Å². The number of aromatic nitrogens is 2. The number of hydrogen-bond acceptors (Lipinski definition) is 2. The Balaban J connectivity index is 2.54. The molecular weight excluding hydrogens is 358 g/mol. The maximum atomic E-state index is 6.06. The standard InChI is InChI=1S/C13H17Br2N3/c1-3-4-5-6-11-12(16)17-13-10(15)7-9(14)8(2)18(11)13/h7H,3-6,16H2,1-2H3. The fourth-order valence-electron chi connectivity index (χ4n) is 2.16. The van der Waals surface area contributed by atoms with Gasteiger partial charge in [-0.05, 0) is 57.7 Å². The van der Waals surface area contributed by atoms with E-state index in [0.717, 1.165) is 38.8 Å². The van der Waals surface area contributed by atoms with Gasteiger partial charge in [-0.25, -0.2) is 4.98 Å². The van der Waals surface area contributed by atoms with Crippen LogP contribution in [0, 0.1) is 6.92 Å². The molecule has 0 amide bonds. The van der Waals surface area contributed by atoms with Gasteiger partial charge in [0.15, 0.2) is 5.65 Å². The number of fused-ring (bicyclic) bond motifs is 1. The van der Waals surface area contributed by atoms with Gasteiger partial charge >= 0.3 is 0 Å². The third-order valence-corrected chi connectivity index (χ3v) is 4.56. The highest BCUT2D eigenvalue weighted by Crippen LogP contribution is 2.30. The zero-order valence-electron chi connectivity index (χ0n) is 10.6. The maximum absolute atomic E-state index is 6.06. The lowest BCUT2D eigenvalue weighted by molar-refractivity contribution is 0.703. The summed E-state index contributed by atoms with van der Waals surface area (Å²) in [5, 5.41) is 0. The van der Waals surface area contributed by atoms with Crippen molar-refractivity contribution in [1.82, 2.24) is 9.38 Å². The third-order valence-electron chi connectivity index (χ3n) is 3.17. The Morgan fingerprint density at radius 3 is 2.67 bits per heavy atom. The molecule has 18 heavy (non-hydrogen) atoms. The van der Waals surface area contributed by atoms with Crippen LogP contribution in [0.2, 0.25) is 0 Å². The van der Waals surface area contributed by atoms with Gasteiger partial charge < -0.3 is 5.73 Å². The zero-order valence-corrected chi connectivity index (χ0v) is 13.8. The number of pyridine rings is 1. The summed E-state index contributed by atoms with van der Waals surface area (Å²) in [6.45, 7) is 4.28. The van der Waals surface area contributed by atoms with E-state index in [1.807, 2.05) is 6.07 Å². The number of nitrogens with zero attached hydrogens (tertiary/aromatic N) is 2. The molecule has 2 rings (SSSR count). The SMILES string of the molecule is CCCCCc1c(N)nc2c(Br)cc(Br)c(C)n12. The van der Waals surface area contributed by atoms with Gasteiger partial charge in [0.05, 0.1) is 10.2 Å². The summed E-state index contributed by atoms with van der Waals surface area (Å²) < 4.78 is 4.18. The van der Waals surface area contributed by atoms with Crippen molar-refractivity contribution in [2.45, 2.75) is 39.5 Å². The molecule has 0 saturated carbocycles. The van der Waals surface area contributed by atoms with Crippen LogP contribution < -0.4 is 5.73 Å². The van der Waals surface area contributed by atoms with Crippen LogP contribution in [0.25, 0.3) is 5.65 Å². The zero-order chi connectivity index (χ0) is 13.3. The van der Waals surface area contributed by atoms with E-state index < -0.39 is 0 Å². The van der Waals surface area contributed by atoms with Crippen LogP contribution in [-0.2, 0) is 6.42 Å². The first-order valence-corrected chi connectivity index (χ1v) is 7.76. The second-order valence-electron chi connectivity index (χ2n) is 4.49. The van der Waals surface area contributed by atoms with Crippen molar-refractivity contribution >= 4 is 43.3 Å². The van der Waals surface area contributed by atoms with Crippen molar-refractivity contribution in [3.8, 4) is 0 Å². The first-order valence-electron chi connectivity index (χ1n) is 6.17. The molecule has 2 aromatic heterocycles. The normalized spacial score (nSPS) is 11.3. The molecule has 98 valence electrons. The minimum atomic E-state index is 0.646. The van der Waals surface area contributed by atoms with Crippen LogP contribution >= 0.6 is 31.9 Å². The molecule has 0 aliphatic heterocycles. The highest BCUT2D eigenvalue weighted by molar-refractivity contribution is 9.11. The number of unbranched alkanes of at least 4 members (excludes halogenated alkanes) is 2. The molecule has 2 N–H and O–H groups in total. The van der Waals surface area contributed by atoms with Gasteiger partial charge in [0.25, 0.3) is 0 Å². The van der Waals surface area contributed by atoms with E-state index in [-0.39, 0.29) is 0 Å². The topological polar surface area (TPSA) is 43.3 Å². The molecule has 3 nitrogen and oxygen atoms in total. The Kier molecular flexibility index (Phi) is 4.33. The van der Waals surface area contributed by atoms with Crippen molar-refractivity contribution in [1.29, 1.82) is 0 Å². The lowest BCUT2D eigenvalue weighted by Crippen LogP contribution is -2.01. The summed E-state index contributed by atoms with van der Waals surface area (Å²) in [5.74, 6) is 0.646. The molecule has 0 spiro atoms. The molecule has 0 aliphatic rings. The number of aryl methyl sites for hydroxylation is 2. The van der Waals surface area contributed by atoms with Gasteiger partial charge in [-0.15, -0.1) is 0 Å². The fourth-order valence-corrected chi connectivity index (χ4v) is 3.37. The molecule has 0 bridgehead atoms. The number of hydrogen-bond donors (Lipinski definition) is 1. The van der Waals surface area contributed by atoms with E-state index >= 15 is 0 Å². The van der Waals surface area contributed by atoms with Crippen LogP contribution in [0.1, 0.15) is 37.6 Å². The predicted molar refractivity (Wildman–Crippen MR) is 83.0 cm³/mol. The number of imidazole rings is 1. The summed E-state index contributed by atoms with van der Waals surface area (Å²) in [7, 11) is 0. The molecular formula is C13H17Br2N3. The average Bonchev–Trinajstić information content (AvgIpc) is 2.65. The minimum absolute atomic E-state index is 0.646. The Bertz CT molecular complexity index is 575. The van der Waals surface area contributed by atoms with E-state index in [1.54, 1.807) is 0 Å². The lowest BCUT2D eigenvalue weighted by Gasteiger charge is -2.08. The van der Waals surface area contributed by atoms with Gasteiger partial charge in [0.2, 0.25) is 0 Å². The Labute approximate surface area is 124 Å². The van der Waals surface area contributed by atoms with Crippen LogP contribution in [0.15, 0.2) is 15.0 Å². The number of rotatable bonds is 4. The molecule has 5 heteroatoms. The van der Waals surface area contributed by atoms with Gasteiger partial charge in [-0.3, -0.25) is 4.40 Å². The molecule has 0 fully saturated rings. The molecule has 2 aromatic rings. The first-order chi connectivity index (χ1) is 8.56. The summed E-state index contributed by atoms with van der Waals surface area (Å²) in [5.41, 5.74) is 9.22. The van der Waals surface area contributed by atoms with Crippen LogP contribution in [-0.4, -0.2) is 9.38 Å². The highest BCUT2D eigenvalue weighted by Gasteiger charge is 2.15. The molecule has 0 aliphatic carbocycles. The van der Waals surface area contributed by atoms with Crippen molar-refractivity contribution in [2.24, 2.45) is 0 Å². The lowest BCUT2D eigenvalue weighted by atomic mass is 10.1. The van der Waals surface area contributed by atoms with Crippen molar-refractivity contribution in [3.63, 3.8) is 0 Å². The number of halogens is 2. The third kappa shape index (κ3) is 2.43. The smallest absolute Gasteiger partial charge is 0.154 e. The average molecular weight is 375 g/mol. The van der Waals surface area contributed by atoms with Crippen molar-refractivity contribution < 1.29 is 0 Å². The summed E-state index contributed by atoms with van der Waals surface area (Å²) >= 11 is 7.12. The summed E-state index contributed by atoms with van der Waals surface area (Å²) in [6, 6.07) is 2.02. The van der Waals surface area contributed by atoms with E-state index in [9.17, 15) is 0 Å². The van der Waals surface area contributed by atoms with Crippen molar-refractivity contribution in [3.05, 3.63) is 26.4 Å². The quantitative estimate of drug-likeness (QED) is 0.801. The molecule has 0 atom stereocenters. The predicted octanol–water partition coefficient (Wildman–Crippen LogP) is 4.48. The summed E-state index contributed by atoms with van der Waals surface area (Å²) in [6.07, 6.45) is 4.56. The first kappa shape index (κ1) is 13.9. The fraction of sp³-hybridized carbons (Fsp3) is 0.462. The molecule has 0 unspecified atom stereocenters. The number of nitrogen functional groups attached to an aromatic ring is 1. The minimum Gasteiger partial charge on any atom is -0.382 e. The second-order valence-corrected chi connectivity index (χ2v) is 6.19. The molecule has 0 radical (unpaired) electrons. The Morgan fingerprint density at radius 2 is 2.00 bits per heavy atom. The largest absolute Gasteiger partial charge is 0.382 e.